The van der Waals surface area contributed by atoms with Crippen molar-refractivity contribution in [2.45, 2.75) is 128 Å². The second kappa shape index (κ2) is 13.8. The van der Waals surface area contributed by atoms with E-state index in [1.54, 1.807) is 38.8 Å². The van der Waals surface area contributed by atoms with Crippen LogP contribution in [0.2, 0.25) is 5.28 Å². The molecular weight excluding hydrogens is 657 g/mol. The van der Waals surface area contributed by atoms with Crippen LogP contribution in [0.3, 0.4) is 0 Å². The minimum absolute atomic E-state index is 0.0829. The summed E-state index contributed by atoms with van der Waals surface area (Å²) in [6, 6.07) is -0.131. The van der Waals surface area contributed by atoms with Crippen LogP contribution >= 0.6 is 19.2 Å². The van der Waals surface area contributed by atoms with Crippen molar-refractivity contribution in [3.63, 3.8) is 0 Å². The van der Waals surface area contributed by atoms with E-state index in [-0.39, 0.29) is 31.1 Å². The molecule has 0 radical (unpaired) electrons. The standard InChI is InChI=1S/C30H47ClN5O10P/c1-9-41-47(39,42-10-2)30(8,17-37)40-16-20-21-22(45-29(6,7)44-21)25(43-20)36-24-19(15-32-36)23(33-26(31)34-24)35(18-13-11-12-14-18)27(38)46-28(3,4)5/h15,18,20-22,25,37H,9-14,16-17H2,1-8H3/t20-,21-,22-,25-,30?/m1/s1. The Labute approximate surface area is 280 Å². The summed E-state index contributed by atoms with van der Waals surface area (Å²) in [5.74, 6) is -0.675. The first kappa shape index (κ1) is 36.3. The van der Waals surface area contributed by atoms with Crippen molar-refractivity contribution in [3.05, 3.63) is 11.5 Å². The van der Waals surface area contributed by atoms with Crippen LogP contribution in [0.15, 0.2) is 6.20 Å². The molecule has 47 heavy (non-hydrogen) atoms. The topological polar surface area (TPSA) is 166 Å². The van der Waals surface area contributed by atoms with Crippen LogP contribution in [-0.2, 0) is 37.3 Å². The van der Waals surface area contributed by atoms with Crippen molar-refractivity contribution in [3.8, 4) is 0 Å². The van der Waals surface area contributed by atoms with Gasteiger partial charge in [0.25, 0.3) is 0 Å². The van der Waals surface area contributed by atoms with Gasteiger partial charge in [-0.25, -0.2) is 9.48 Å². The zero-order valence-electron chi connectivity index (χ0n) is 28.3. The molecule has 5 rings (SSSR count). The van der Waals surface area contributed by atoms with E-state index in [0.29, 0.717) is 16.9 Å². The van der Waals surface area contributed by atoms with Gasteiger partial charge in [-0.05, 0) is 79.8 Å². The van der Waals surface area contributed by atoms with Gasteiger partial charge in [0, 0.05) is 6.04 Å². The number of amides is 1. The van der Waals surface area contributed by atoms with Crippen LogP contribution in [0.25, 0.3) is 11.0 Å². The number of carbonyl (C=O) groups excluding carboxylic acids is 1. The van der Waals surface area contributed by atoms with E-state index in [4.69, 9.17) is 44.3 Å². The number of carbonyl (C=O) groups is 1. The third-order valence-corrected chi connectivity index (χ3v) is 11.1. The van der Waals surface area contributed by atoms with E-state index < -0.39 is 61.6 Å². The van der Waals surface area contributed by atoms with E-state index in [1.807, 2.05) is 20.8 Å². The minimum atomic E-state index is -3.89. The van der Waals surface area contributed by atoms with Crippen LogP contribution < -0.4 is 4.90 Å². The van der Waals surface area contributed by atoms with Crippen LogP contribution in [0, 0.1) is 0 Å². The third-order valence-electron chi connectivity index (χ3n) is 8.31. The Morgan fingerprint density at radius 3 is 2.36 bits per heavy atom. The first-order chi connectivity index (χ1) is 22.0. The maximum Gasteiger partial charge on any atom is 0.416 e. The number of hydrogen-bond acceptors (Lipinski definition) is 13. The quantitative estimate of drug-likeness (QED) is 0.215. The first-order valence-corrected chi connectivity index (χ1v) is 18.1. The van der Waals surface area contributed by atoms with Gasteiger partial charge in [0.05, 0.1) is 38.0 Å². The van der Waals surface area contributed by atoms with E-state index in [2.05, 4.69) is 15.1 Å². The summed E-state index contributed by atoms with van der Waals surface area (Å²) in [5, 5.41) is 13.6. The fraction of sp³-hybridized carbons (Fsp3) is 0.800. The van der Waals surface area contributed by atoms with Crippen molar-refractivity contribution < 1.29 is 47.2 Å². The van der Waals surface area contributed by atoms with Crippen molar-refractivity contribution in [2.24, 2.45) is 0 Å². The number of aliphatic hydroxyl groups is 1. The first-order valence-electron chi connectivity index (χ1n) is 16.1. The lowest BCUT2D eigenvalue weighted by molar-refractivity contribution is -0.206. The number of hydrogen-bond donors (Lipinski definition) is 1. The normalized spacial score (nSPS) is 26.1. The van der Waals surface area contributed by atoms with Gasteiger partial charge in [-0.15, -0.1) is 0 Å². The van der Waals surface area contributed by atoms with Crippen molar-refractivity contribution in [1.82, 2.24) is 19.7 Å². The van der Waals surface area contributed by atoms with Crippen molar-refractivity contribution >= 4 is 42.1 Å². The lowest BCUT2D eigenvalue weighted by Crippen LogP contribution is -2.43. The van der Waals surface area contributed by atoms with E-state index in [0.717, 1.165) is 25.7 Å². The van der Waals surface area contributed by atoms with Crippen LogP contribution in [0.4, 0.5) is 10.6 Å². The molecule has 1 unspecified atom stereocenters. The average molecular weight is 704 g/mol. The molecule has 264 valence electrons. The SMILES string of the molecule is CCOP(=O)(OCC)C(C)(CO)OC[C@H]1O[C@@H](n2ncc3c(N(C(=O)OC(C)(C)C)C4CCCC4)nc(Cl)nc32)[C@@H]2OC(C)(C)O[C@@H]21. The van der Waals surface area contributed by atoms with E-state index in [1.165, 1.54) is 11.6 Å². The second-order valence-electron chi connectivity index (χ2n) is 13.5. The predicted molar refractivity (Wildman–Crippen MR) is 171 cm³/mol. The molecule has 1 N–H and O–H groups in total. The molecule has 15 nitrogen and oxygen atoms in total. The number of nitrogens with zero attached hydrogens (tertiary/aromatic N) is 5. The number of ether oxygens (including phenoxy) is 5. The molecule has 1 saturated carbocycles. The molecule has 2 saturated heterocycles. The van der Waals surface area contributed by atoms with Gasteiger partial charge in [-0.2, -0.15) is 15.1 Å². The van der Waals surface area contributed by atoms with Gasteiger partial charge in [-0.3, -0.25) is 9.46 Å². The number of anilines is 1. The Morgan fingerprint density at radius 1 is 1.13 bits per heavy atom. The van der Waals surface area contributed by atoms with Gasteiger partial charge >= 0.3 is 13.7 Å². The molecule has 17 heteroatoms. The highest BCUT2D eigenvalue weighted by atomic mass is 35.5. The summed E-state index contributed by atoms with van der Waals surface area (Å²) in [5.41, 5.74) is -0.405. The molecule has 5 atom stereocenters. The van der Waals surface area contributed by atoms with E-state index in [9.17, 15) is 14.5 Å². The number of halogens is 1. The fourth-order valence-electron chi connectivity index (χ4n) is 6.25. The summed E-state index contributed by atoms with van der Waals surface area (Å²) in [6.45, 7) is 13.3. The molecule has 1 aliphatic carbocycles. The zero-order valence-corrected chi connectivity index (χ0v) is 30.0. The molecule has 1 amide bonds. The highest BCUT2D eigenvalue weighted by Gasteiger charge is 2.58. The highest BCUT2D eigenvalue weighted by Crippen LogP contribution is 2.60. The Morgan fingerprint density at radius 2 is 1.77 bits per heavy atom. The molecule has 2 aromatic rings. The lowest BCUT2D eigenvalue weighted by Gasteiger charge is -2.35. The average Bonchev–Trinajstić information content (AvgIpc) is 3.76. The molecule has 0 bridgehead atoms. The molecule has 2 aromatic heterocycles. The van der Waals surface area contributed by atoms with Gasteiger partial charge in [-0.1, -0.05) is 12.8 Å². The van der Waals surface area contributed by atoms with Crippen molar-refractivity contribution in [1.29, 1.82) is 0 Å². The Balaban J connectivity index is 1.49. The highest BCUT2D eigenvalue weighted by molar-refractivity contribution is 7.55. The van der Waals surface area contributed by atoms with Crippen LogP contribution in [0.1, 0.15) is 87.3 Å². The molecule has 3 aliphatic rings. The smallest absolute Gasteiger partial charge is 0.416 e. The van der Waals surface area contributed by atoms with Gasteiger partial charge in [0.2, 0.25) is 5.28 Å². The summed E-state index contributed by atoms with van der Waals surface area (Å²) in [6.07, 6.45) is 1.66. The molecule has 4 heterocycles. The summed E-state index contributed by atoms with van der Waals surface area (Å²) in [4.78, 5) is 24.2. The number of aliphatic hydroxyl groups excluding tert-OH is 1. The third kappa shape index (κ3) is 7.34. The zero-order chi connectivity index (χ0) is 34.4. The molecule has 2 aliphatic heterocycles. The Hall–Kier alpha value is -1.94. The number of aromatic nitrogens is 4. The van der Waals surface area contributed by atoms with E-state index >= 15 is 0 Å². The van der Waals surface area contributed by atoms with Gasteiger partial charge in [0.1, 0.15) is 23.9 Å². The second-order valence-corrected chi connectivity index (χ2v) is 16.3. The summed E-state index contributed by atoms with van der Waals surface area (Å²) >= 11 is 6.51. The Bertz CT molecular complexity index is 1470. The van der Waals surface area contributed by atoms with Gasteiger partial charge in [0.15, 0.2) is 28.8 Å². The van der Waals surface area contributed by atoms with Crippen LogP contribution in [-0.4, -0.2) is 98.5 Å². The number of rotatable bonds is 12. The molecule has 0 spiro atoms. The summed E-state index contributed by atoms with van der Waals surface area (Å²) in [7, 11) is -3.89. The maximum atomic E-state index is 13.6. The molecule has 3 fully saturated rings. The maximum absolute atomic E-state index is 13.6. The molecular formula is C30H47ClN5O10P. The lowest BCUT2D eigenvalue weighted by atomic mass is 10.1. The Kier molecular flexibility index (Phi) is 10.6. The molecule has 0 aromatic carbocycles. The minimum Gasteiger partial charge on any atom is -0.443 e. The monoisotopic (exact) mass is 703 g/mol. The fourth-order valence-corrected chi connectivity index (χ4v) is 8.12. The summed E-state index contributed by atoms with van der Waals surface area (Å²) < 4.78 is 57.0. The van der Waals surface area contributed by atoms with Crippen molar-refractivity contribution in [2.75, 3.05) is 31.3 Å². The predicted octanol–water partition coefficient (Wildman–Crippen LogP) is 5.57. The van der Waals surface area contributed by atoms with Crippen LogP contribution in [0.5, 0.6) is 0 Å². The van der Waals surface area contributed by atoms with Gasteiger partial charge < -0.3 is 37.8 Å². The number of fused-ring (bicyclic) bond motifs is 2. The largest absolute Gasteiger partial charge is 0.443 e.